The van der Waals surface area contributed by atoms with Crippen molar-refractivity contribution >= 4 is 20.9 Å². The monoisotopic (exact) mass is 301 g/mol. The highest BCUT2D eigenvalue weighted by Gasteiger charge is 2.11. The average molecular weight is 301 g/mol. The summed E-state index contributed by atoms with van der Waals surface area (Å²) < 4.78 is 70.8. The molecule has 0 aliphatic heterocycles. The molecule has 2 N–H and O–H groups in total. The third-order valence-electron chi connectivity index (χ3n) is 2.84. The van der Waals surface area contributed by atoms with Crippen LogP contribution in [-0.2, 0) is 22.2 Å². The number of rotatable bonds is 6. The van der Waals surface area contributed by atoms with Gasteiger partial charge in [-0.15, -0.1) is 0 Å². The van der Waals surface area contributed by atoms with Crippen molar-refractivity contribution < 1.29 is 16.6 Å². The lowest BCUT2D eigenvalue weighted by Crippen LogP contribution is -2.20. The molecule has 0 aliphatic carbocycles. The van der Waals surface area contributed by atoms with Gasteiger partial charge in [0.1, 0.15) is 0 Å². The first kappa shape index (κ1) is 8.81. The smallest absolute Gasteiger partial charge is 0.215 e. The molecule has 20 heavy (non-hydrogen) atoms. The minimum absolute atomic E-state index is 0.0530. The molecule has 0 radical (unpaired) electrons. The van der Waals surface area contributed by atoms with Crippen LogP contribution in [0, 0.1) is 0 Å². The molecule has 0 fully saturated rings. The third-order valence-corrected chi connectivity index (χ3v) is 3.87. The number of aromatic amines is 1. The maximum atomic E-state index is 12.0. The summed E-state index contributed by atoms with van der Waals surface area (Å²) in [6, 6.07) is 4.67. The first-order valence-corrected chi connectivity index (χ1v) is 7.65. The topological polar surface area (TPSA) is 65.2 Å². The Labute approximate surface area is 128 Å². The van der Waals surface area contributed by atoms with Crippen LogP contribution >= 0.6 is 0 Å². The molecule has 1 aromatic heterocycles. The van der Waals surface area contributed by atoms with E-state index in [1.807, 2.05) is 0 Å². The summed E-state index contributed by atoms with van der Waals surface area (Å²) in [7, 11) is -0.879. The highest BCUT2D eigenvalue weighted by Crippen LogP contribution is 2.21. The molecule has 0 spiro atoms. The van der Waals surface area contributed by atoms with Gasteiger partial charge >= 0.3 is 0 Å². The van der Waals surface area contributed by atoms with Crippen molar-refractivity contribution in [3.05, 3.63) is 35.5 Å². The van der Waals surface area contributed by atoms with Gasteiger partial charge in [0.2, 0.25) is 10.0 Å². The van der Waals surface area contributed by atoms with E-state index in [4.69, 9.17) is 8.22 Å². The molecule has 6 heteroatoms. The van der Waals surface area contributed by atoms with E-state index >= 15 is 0 Å². The Kier molecular flexibility index (Phi) is 2.62. The lowest BCUT2D eigenvalue weighted by atomic mass is 10.1. The molecule has 0 aliphatic rings. The Bertz CT molecular complexity index is 905. The molecule has 1 aromatic carbocycles. The summed E-state index contributed by atoms with van der Waals surface area (Å²) in [6.45, 7) is -4.49. The molecular formula is C14H21N3O2S. The Morgan fingerprint density at radius 1 is 1.50 bits per heavy atom. The van der Waals surface area contributed by atoms with Crippen LogP contribution in [0.15, 0.2) is 24.4 Å². The Balaban J connectivity index is 2.40. The van der Waals surface area contributed by atoms with E-state index in [1.165, 1.54) is 11.0 Å². The zero-order valence-corrected chi connectivity index (χ0v) is 12.1. The number of hydrogen-bond donors (Lipinski definition) is 2. The summed E-state index contributed by atoms with van der Waals surface area (Å²) in [5, 5.41) is 0.544. The fourth-order valence-electron chi connectivity index (χ4n) is 1.88. The number of H-pyrrole nitrogens is 1. The number of benzene rings is 1. The van der Waals surface area contributed by atoms with Crippen molar-refractivity contribution in [2.75, 3.05) is 27.6 Å². The molecule has 0 saturated heterocycles. The van der Waals surface area contributed by atoms with E-state index in [-0.39, 0.29) is 12.6 Å². The zero-order chi connectivity index (χ0) is 19.9. The number of nitrogens with zero attached hydrogens (tertiary/aromatic N) is 1. The van der Waals surface area contributed by atoms with Gasteiger partial charge in [-0.05, 0) is 50.8 Å². The van der Waals surface area contributed by atoms with Gasteiger partial charge in [0, 0.05) is 30.4 Å². The Morgan fingerprint density at radius 2 is 2.30 bits per heavy atom. The average Bonchev–Trinajstić information content (AvgIpc) is 2.71. The van der Waals surface area contributed by atoms with Gasteiger partial charge in [-0.1, -0.05) is 6.07 Å². The van der Waals surface area contributed by atoms with Crippen LogP contribution in [0.4, 0.5) is 0 Å². The number of fused-ring (bicyclic) bond motifs is 1. The lowest BCUT2D eigenvalue weighted by molar-refractivity contribution is 0.414. The van der Waals surface area contributed by atoms with Crippen LogP contribution in [0.1, 0.15) is 19.4 Å². The predicted molar refractivity (Wildman–Crippen MR) is 82.2 cm³/mol. The third kappa shape index (κ3) is 3.59. The number of aromatic nitrogens is 1. The first-order valence-electron chi connectivity index (χ1n) is 8.99. The second kappa shape index (κ2) is 5.95. The summed E-state index contributed by atoms with van der Waals surface area (Å²) >= 11 is 0. The highest BCUT2D eigenvalue weighted by molar-refractivity contribution is 7.88. The SMILES string of the molecule is [2H]c1[nH]c2ccc(CS(=O)(=O)NC([2H])([2H])[2H])cc2c1CC([2H])([2H])N(C)C. The van der Waals surface area contributed by atoms with Crippen LogP contribution < -0.4 is 4.72 Å². The van der Waals surface area contributed by atoms with E-state index in [0.29, 0.717) is 22.0 Å². The molecule has 0 atom stereocenters. The van der Waals surface area contributed by atoms with Crippen molar-refractivity contribution in [2.24, 2.45) is 0 Å². The van der Waals surface area contributed by atoms with Gasteiger partial charge in [-0.2, -0.15) is 0 Å². The van der Waals surface area contributed by atoms with Crippen LogP contribution in [0.5, 0.6) is 0 Å². The Hall–Kier alpha value is -1.37. The lowest BCUT2D eigenvalue weighted by Gasteiger charge is -2.08. The standard InChI is InChI=1S/C14H21N3O2S/c1-15-20(18,19)10-11-4-5-14-13(8-11)12(9-16-14)6-7-17(2)3/h4-5,8-9,15-16H,6-7,10H2,1-3H3/i1D3,7D2,9D. The first-order chi connectivity index (χ1) is 11.7. The van der Waals surface area contributed by atoms with Crippen molar-refractivity contribution in [3.8, 4) is 0 Å². The number of nitrogens with one attached hydrogen (secondary N) is 2. The molecule has 2 rings (SSSR count). The largest absolute Gasteiger partial charge is 0.361 e. The second-order valence-electron chi connectivity index (χ2n) is 4.70. The predicted octanol–water partition coefficient (Wildman–Crippen LogP) is 1.32. The van der Waals surface area contributed by atoms with E-state index in [1.54, 1.807) is 31.0 Å². The van der Waals surface area contributed by atoms with Crippen molar-refractivity contribution in [2.45, 2.75) is 12.2 Å². The normalized spacial score (nSPS) is 18.1. The van der Waals surface area contributed by atoms with E-state index in [9.17, 15) is 8.42 Å². The van der Waals surface area contributed by atoms with Gasteiger partial charge in [-0.25, -0.2) is 13.1 Å². The van der Waals surface area contributed by atoms with Crippen LogP contribution in [0.3, 0.4) is 0 Å². The van der Waals surface area contributed by atoms with E-state index in [2.05, 4.69) is 4.98 Å². The van der Waals surface area contributed by atoms with Crippen molar-refractivity contribution in [1.29, 1.82) is 0 Å². The molecule has 0 saturated carbocycles. The molecule has 110 valence electrons. The number of sulfonamides is 1. The fourth-order valence-corrected chi connectivity index (χ4v) is 2.57. The molecule has 0 amide bonds. The van der Waals surface area contributed by atoms with Crippen molar-refractivity contribution in [1.82, 2.24) is 14.6 Å². The maximum absolute atomic E-state index is 12.0. The minimum Gasteiger partial charge on any atom is -0.361 e. The fraction of sp³-hybridized carbons (Fsp3) is 0.429. The summed E-state index contributed by atoms with van der Waals surface area (Å²) in [5.41, 5.74) is 1.37. The van der Waals surface area contributed by atoms with Crippen molar-refractivity contribution in [3.63, 3.8) is 0 Å². The van der Waals surface area contributed by atoms with Crippen LogP contribution in [-0.4, -0.2) is 45.9 Å². The van der Waals surface area contributed by atoms with Gasteiger partial charge < -0.3 is 9.88 Å². The molecule has 0 unspecified atom stereocenters. The minimum atomic E-state index is -4.07. The number of hydrogen-bond acceptors (Lipinski definition) is 3. The Morgan fingerprint density at radius 3 is 3.00 bits per heavy atom. The number of aryl methyl sites for hydroxylation is 1. The quantitative estimate of drug-likeness (QED) is 0.846. The number of likely N-dealkylation sites (N-methyl/N-ethyl adjacent to an activating group) is 1. The second-order valence-corrected chi connectivity index (χ2v) is 6.42. The van der Waals surface area contributed by atoms with Gasteiger partial charge in [0.15, 0.2) is 0 Å². The van der Waals surface area contributed by atoms with Gasteiger partial charge in [0.25, 0.3) is 0 Å². The molecule has 1 heterocycles. The molecule has 2 aromatic rings. The molecule has 5 nitrogen and oxygen atoms in total. The summed E-state index contributed by atoms with van der Waals surface area (Å²) in [4.78, 5) is 4.25. The molecule has 0 bridgehead atoms. The summed E-state index contributed by atoms with van der Waals surface area (Å²) in [6.07, 6.45) is 0.00842. The maximum Gasteiger partial charge on any atom is 0.215 e. The van der Waals surface area contributed by atoms with E-state index in [0.717, 1.165) is 0 Å². The van der Waals surface area contributed by atoms with E-state index < -0.39 is 29.2 Å². The van der Waals surface area contributed by atoms with Gasteiger partial charge in [0.05, 0.1) is 7.12 Å². The van der Waals surface area contributed by atoms with Gasteiger partial charge in [-0.3, -0.25) is 0 Å². The van der Waals surface area contributed by atoms with Crippen LogP contribution in [0.2, 0.25) is 0 Å². The molecular weight excluding hydrogens is 274 g/mol. The van der Waals surface area contributed by atoms with Crippen LogP contribution in [0.25, 0.3) is 10.9 Å². The highest BCUT2D eigenvalue weighted by atomic mass is 32.2. The summed E-state index contributed by atoms with van der Waals surface area (Å²) in [5.74, 6) is -0.528. The zero-order valence-electron chi connectivity index (χ0n) is 17.3.